The molecule has 0 unspecified atom stereocenters. The third-order valence-corrected chi connectivity index (χ3v) is 6.03. The average molecular weight is 450 g/mol. The zero-order chi connectivity index (χ0) is 21.6. The second-order valence-corrected chi connectivity index (χ2v) is 8.63. The maximum atomic E-state index is 12.9. The molecule has 31 heavy (non-hydrogen) atoms. The van der Waals surface area contributed by atoms with E-state index >= 15 is 0 Å². The first-order valence-corrected chi connectivity index (χ1v) is 11.9. The molecule has 8 heteroatoms. The molecule has 6 nitrogen and oxygen atoms in total. The van der Waals surface area contributed by atoms with Crippen LogP contribution in [0.5, 0.6) is 0 Å². The summed E-state index contributed by atoms with van der Waals surface area (Å²) in [7, 11) is 2.06. The minimum Gasteiger partial charge on any atom is -0.322 e. The molecule has 1 amide bonds. The summed E-state index contributed by atoms with van der Waals surface area (Å²) >= 11 is 3.17. The van der Waals surface area contributed by atoms with Crippen LogP contribution in [0.2, 0.25) is 0 Å². The number of hydrogen-bond acceptors (Lipinski definition) is 6. The van der Waals surface area contributed by atoms with Crippen molar-refractivity contribution in [1.82, 2.24) is 19.4 Å². The van der Waals surface area contributed by atoms with Crippen LogP contribution in [0.15, 0.2) is 77.0 Å². The first-order chi connectivity index (χ1) is 15.1. The summed E-state index contributed by atoms with van der Waals surface area (Å²) in [6.45, 7) is 1.56. The molecular formula is C23H23N5OS2. The quantitative estimate of drug-likeness (QED) is 0.386. The van der Waals surface area contributed by atoms with Gasteiger partial charge < -0.3 is 5.32 Å². The molecule has 0 spiro atoms. The zero-order valence-electron chi connectivity index (χ0n) is 17.4. The van der Waals surface area contributed by atoms with Gasteiger partial charge in [-0.15, -0.1) is 11.3 Å². The summed E-state index contributed by atoms with van der Waals surface area (Å²) in [4.78, 5) is 23.7. The van der Waals surface area contributed by atoms with Gasteiger partial charge in [0.1, 0.15) is 0 Å². The van der Waals surface area contributed by atoms with E-state index in [4.69, 9.17) is 0 Å². The second-order valence-electron chi connectivity index (χ2n) is 7.14. The smallest absolute Gasteiger partial charge is 0.255 e. The lowest BCUT2D eigenvalue weighted by atomic mass is 10.1. The molecular weight excluding hydrogens is 426 g/mol. The lowest BCUT2D eigenvalue weighted by Crippen LogP contribution is -2.18. The third kappa shape index (κ3) is 5.41. The highest BCUT2D eigenvalue weighted by Crippen LogP contribution is 2.20. The van der Waals surface area contributed by atoms with E-state index in [0.29, 0.717) is 5.56 Å². The van der Waals surface area contributed by atoms with Crippen molar-refractivity contribution in [3.05, 3.63) is 88.6 Å². The molecule has 0 saturated heterocycles. The van der Waals surface area contributed by atoms with Crippen molar-refractivity contribution >= 4 is 34.7 Å². The van der Waals surface area contributed by atoms with Gasteiger partial charge in [-0.1, -0.05) is 30.0 Å². The van der Waals surface area contributed by atoms with Crippen molar-refractivity contribution in [3.63, 3.8) is 0 Å². The number of anilines is 1. The van der Waals surface area contributed by atoms with Crippen LogP contribution in [0, 0.1) is 0 Å². The molecule has 158 valence electrons. The highest BCUT2D eigenvalue weighted by molar-refractivity contribution is 7.98. The van der Waals surface area contributed by atoms with Gasteiger partial charge in [-0.25, -0.2) is 9.97 Å². The largest absolute Gasteiger partial charge is 0.322 e. The van der Waals surface area contributed by atoms with E-state index in [2.05, 4.69) is 38.7 Å². The maximum absolute atomic E-state index is 12.9. The lowest BCUT2D eigenvalue weighted by Gasteiger charge is -2.16. The number of carbonyl (C=O) groups is 1. The van der Waals surface area contributed by atoms with Crippen LogP contribution < -0.4 is 5.32 Å². The summed E-state index contributed by atoms with van der Waals surface area (Å²) in [5.41, 5.74) is 6.34. The fourth-order valence-corrected chi connectivity index (χ4v) is 4.42. The molecule has 0 aliphatic carbocycles. The lowest BCUT2D eigenvalue weighted by molar-refractivity contribution is 0.102. The molecule has 0 saturated carbocycles. The van der Waals surface area contributed by atoms with Gasteiger partial charge in [0.15, 0.2) is 5.16 Å². The maximum Gasteiger partial charge on any atom is 0.255 e. The van der Waals surface area contributed by atoms with Crippen LogP contribution in [-0.2, 0) is 13.1 Å². The minimum atomic E-state index is -0.138. The van der Waals surface area contributed by atoms with Crippen LogP contribution in [0.3, 0.4) is 0 Å². The predicted octanol–water partition coefficient (Wildman–Crippen LogP) is 4.94. The average Bonchev–Trinajstić information content (AvgIpc) is 3.45. The number of hydrogen-bond donors (Lipinski definition) is 1. The monoisotopic (exact) mass is 449 g/mol. The Morgan fingerprint density at radius 3 is 2.84 bits per heavy atom. The molecule has 4 rings (SSSR count). The van der Waals surface area contributed by atoms with Crippen LogP contribution in [0.1, 0.15) is 21.6 Å². The normalized spacial score (nSPS) is 11.1. The summed E-state index contributed by atoms with van der Waals surface area (Å²) in [5.74, 6) is -0.138. The Kier molecular flexibility index (Phi) is 6.81. The number of nitrogens with zero attached hydrogens (tertiary/aromatic N) is 4. The molecule has 0 aliphatic rings. The summed E-state index contributed by atoms with van der Waals surface area (Å²) in [5, 5.41) is 5.96. The molecule has 0 radical (unpaired) electrons. The van der Waals surface area contributed by atoms with E-state index in [1.165, 1.54) is 0 Å². The molecule has 2 aromatic heterocycles. The Morgan fingerprint density at radius 1 is 1.16 bits per heavy atom. The van der Waals surface area contributed by atoms with Gasteiger partial charge in [-0.2, -0.15) is 0 Å². The number of thioether (sulfide) groups is 1. The molecule has 0 fully saturated rings. The van der Waals surface area contributed by atoms with Gasteiger partial charge in [0.2, 0.25) is 0 Å². The highest BCUT2D eigenvalue weighted by atomic mass is 32.2. The minimum absolute atomic E-state index is 0.138. The van der Waals surface area contributed by atoms with Gasteiger partial charge in [-0.05, 0) is 49.2 Å². The van der Waals surface area contributed by atoms with Crippen LogP contribution in [0.4, 0.5) is 5.69 Å². The number of nitrogens with one attached hydrogen (secondary N) is 1. The van der Waals surface area contributed by atoms with E-state index < -0.39 is 0 Å². The Labute approximate surface area is 190 Å². The Morgan fingerprint density at radius 2 is 2.03 bits per heavy atom. The molecule has 2 aromatic carbocycles. The number of thiazole rings is 1. The molecule has 0 aliphatic heterocycles. The fourth-order valence-electron chi connectivity index (χ4n) is 3.34. The van der Waals surface area contributed by atoms with Crippen molar-refractivity contribution in [3.8, 4) is 5.69 Å². The molecule has 2 heterocycles. The van der Waals surface area contributed by atoms with E-state index in [-0.39, 0.29) is 5.91 Å². The Hall–Kier alpha value is -2.94. The van der Waals surface area contributed by atoms with Crippen LogP contribution in [-0.4, -0.2) is 38.6 Å². The standard InChI is InChI=1S/C23H23N5OS2/c1-27(14-20-15-31-16-25-20)13-17-5-3-7-19(11-17)26-22(29)18-6-4-8-21(12-18)28-10-9-24-23(28)30-2/h3-12,15-16H,13-14H2,1-2H3,(H,26,29). The first kappa shape index (κ1) is 21.3. The Balaban J connectivity index is 1.44. The van der Waals surface area contributed by atoms with Gasteiger partial charge in [0, 0.05) is 47.8 Å². The third-order valence-electron chi connectivity index (χ3n) is 4.73. The molecule has 0 atom stereocenters. The summed E-state index contributed by atoms with van der Waals surface area (Å²) in [6, 6.07) is 15.5. The van der Waals surface area contributed by atoms with Crippen molar-refractivity contribution in [2.75, 3.05) is 18.6 Å². The molecule has 0 bridgehead atoms. The van der Waals surface area contributed by atoms with E-state index in [1.807, 2.05) is 65.0 Å². The molecule has 4 aromatic rings. The topological polar surface area (TPSA) is 63.1 Å². The van der Waals surface area contributed by atoms with Gasteiger partial charge in [0.25, 0.3) is 5.91 Å². The van der Waals surface area contributed by atoms with E-state index in [0.717, 1.165) is 40.9 Å². The molecule has 1 N–H and O–H groups in total. The van der Waals surface area contributed by atoms with Crippen LogP contribution in [0.25, 0.3) is 5.69 Å². The van der Waals surface area contributed by atoms with Gasteiger partial charge in [0.05, 0.1) is 11.2 Å². The number of imidazole rings is 1. The summed E-state index contributed by atoms with van der Waals surface area (Å²) in [6.07, 6.45) is 5.64. The first-order valence-electron chi connectivity index (χ1n) is 9.76. The number of rotatable bonds is 8. The zero-order valence-corrected chi connectivity index (χ0v) is 19.0. The number of benzene rings is 2. The fraction of sp³-hybridized carbons (Fsp3) is 0.174. The number of amides is 1. The van der Waals surface area contributed by atoms with Crippen LogP contribution >= 0.6 is 23.1 Å². The van der Waals surface area contributed by atoms with Gasteiger partial charge >= 0.3 is 0 Å². The SMILES string of the molecule is CSc1nccn1-c1cccc(C(=O)Nc2cccc(CN(C)Cc3cscn3)c2)c1. The van der Waals surface area contributed by atoms with Crippen molar-refractivity contribution < 1.29 is 4.79 Å². The van der Waals surface area contributed by atoms with Crippen molar-refractivity contribution in [1.29, 1.82) is 0 Å². The predicted molar refractivity (Wildman–Crippen MR) is 127 cm³/mol. The van der Waals surface area contributed by atoms with E-state index in [1.54, 1.807) is 29.3 Å². The number of carbonyl (C=O) groups excluding carboxylic acids is 1. The van der Waals surface area contributed by atoms with Crippen molar-refractivity contribution in [2.24, 2.45) is 0 Å². The van der Waals surface area contributed by atoms with Crippen molar-refractivity contribution in [2.45, 2.75) is 18.2 Å². The van der Waals surface area contributed by atoms with Gasteiger partial charge in [-0.3, -0.25) is 14.3 Å². The second kappa shape index (κ2) is 9.91. The highest BCUT2D eigenvalue weighted by Gasteiger charge is 2.10. The van der Waals surface area contributed by atoms with E-state index in [9.17, 15) is 4.79 Å². The summed E-state index contributed by atoms with van der Waals surface area (Å²) < 4.78 is 1.97. The number of aromatic nitrogens is 3. The Bertz CT molecular complexity index is 1160.